The Labute approximate surface area is 104 Å². The predicted octanol–water partition coefficient (Wildman–Crippen LogP) is 3.95. The lowest BCUT2D eigenvalue weighted by molar-refractivity contribution is 0.379. The minimum Gasteiger partial charge on any atom is -0.311 e. The van der Waals surface area contributed by atoms with Crippen LogP contribution in [0.15, 0.2) is 35.2 Å². The van der Waals surface area contributed by atoms with Crippen molar-refractivity contribution in [2.24, 2.45) is 0 Å². The fraction of sp³-hybridized carbons (Fsp3) is 0.571. The van der Waals surface area contributed by atoms with Gasteiger partial charge in [-0.25, -0.2) is 0 Å². The van der Waals surface area contributed by atoms with Crippen molar-refractivity contribution in [1.82, 2.24) is 5.32 Å². The number of hydrogen-bond acceptors (Lipinski definition) is 2. The van der Waals surface area contributed by atoms with Crippen LogP contribution >= 0.6 is 11.8 Å². The summed E-state index contributed by atoms with van der Waals surface area (Å²) in [6.45, 7) is 10.1. The summed E-state index contributed by atoms with van der Waals surface area (Å²) in [5, 5.41) is 4.21. The Morgan fingerprint density at radius 1 is 1.25 bits per heavy atom. The molecule has 1 rings (SSSR count). The first-order valence-corrected chi connectivity index (χ1v) is 6.88. The Bertz CT molecular complexity index is 295. The average Bonchev–Trinajstić information content (AvgIpc) is 2.28. The van der Waals surface area contributed by atoms with Gasteiger partial charge in [-0.15, -0.1) is 11.8 Å². The van der Waals surface area contributed by atoms with Gasteiger partial charge < -0.3 is 5.32 Å². The number of thioether (sulfide) groups is 1. The molecule has 0 radical (unpaired) electrons. The van der Waals surface area contributed by atoms with Crippen molar-refractivity contribution in [3.05, 3.63) is 30.3 Å². The summed E-state index contributed by atoms with van der Waals surface area (Å²) in [5.41, 5.74) is 0.255. The molecule has 0 aliphatic rings. The Morgan fingerprint density at radius 3 is 2.44 bits per heavy atom. The van der Waals surface area contributed by atoms with E-state index in [0.717, 1.165) is 13.0 Å². The van der Waals surface area contributed by atoms with E-state index in [-0.39, 0.29) is 5.54 Å². The van der Waals surface area contributed by atoms with Gasteiger partial charge >= 0.3 is 0 Å². The first-order chi connectivity index (χ1) is 7.53. The van der Waals surface area contributed by atoms with Crippen LogP contribution in [0.3, 0.4) is 0 Å². The van der Waals surface area contributed by atoms with Crippen LogP contribution in [0.4, 0.5) is 0 Å². The summed E-state index contributed by atoms with van der Waals surface area (Å²) >= 11 is 1.93. The molecule has 1 nitrogen and oxygen atoms in total. The Morgan fingerprint density at radius 2 is 1.88 bits per heavy atom. The largest absolute Gasteiger partial charge is 0.311 e. The zero-order valence-corrected chi connectivity index (χ0v) is 11.6. The molecule has 0 spiro atoms. The molecule has 90 valence electrons. The lowest BCUT2D eigenvalue weighted by Crippen LogP contribution is -2.41. The minimum absolute atomic E-state index is 0.255. The van der Waals surface area contributed by atoms with Crippen LogP contribution in [0, 0.1) is 0 Å². The van der Waals surface area contributed by atoms with E-state index in [2.05, 4.69) is 63.3 Å². The fourth-order valence-electron chi connectivity index (χ4n) is 1.32. The predicted molar refractivity (Wildman–Crippen MR) is 74.1 cm³/mol. The van der Waals surface area contributed by atoms with E-state index in [0.29, 0.717) is 5.25 Å². The highest BCUT2D eigenvalue weighted by molar-refractivity contribution is 8.00. The van der Waals surface area contributed by atoms with Crippen molar-refractivity contribution in [2.45, 2.75) is 49.8 Å². The maximum atomic E-state index is 3.61. The molecule has 0 fully saturated rings. The number of benzene rings is 1. The molecular weight excluding hydrogens is 214 g/mol. The SMILES string of the molecule is CCC(C)(C)NCC(C)Sc1ccccc1. The Hall–Kier alpha value is -0.470. The third-order valence-electron chi connectivity index (χ3n) is 2.83. The summed E-state index contributed by atoms with van der Waals surface area (Å²) in [4.78, 5) is 1.35. The van der Waals surface area contributed by atoms with Gasteiger partial charge in [0.15, 0.2) is 0 Å². The zero-order valence-electron chi connectivity index (χ0n) is 10.8. The molecular formula is C14H23NS. The molecule has 0 heterocycles. The van der Waals surface area contributed by atoms with E-state index in [1.54, 1.807) is 0 Å². The van der Waals surface area contributed by atoms with Crippen molar-refractivity contribution >= 4 is 11.8 Å². The van der Waals surface area contributed by atoms with E-state index in [4.69, 9.17) is 0 Å². The van der Waals surface area contributed by atoms with E-state index >= 15 is 0 Å². The molecule has 0 saturated carbocycles. The van der Waals surface area contributed by atoms with Gasteiger partial charge in [-0.3, -0.25) is 0 Å². The highest BCUT2D eigenvalue weighted by Gasteiger charge is 2.15. The van der Waals surface area contributed by atoms with Gasteiger partial charge in [0.1, 0.15) is 0 Å². The van der Waals surface area contributed by atoms with Gasteiger partial charge in [0.2, 0.25) is 0 Å². The highest BCUT2D eigenvalue weighted by atomic mass is 32.2. The molecule has 2 heteroatoms. The number of nitrogens with one attached hydrogen (secondary N) is 1. The molecule has 0 aliphatic carbocycles. The quantitative estimate of drug-likeness (QED) is 0.752. The maximum absolute atomic E-state index is 3.61. The monoisotopic (exact) mass is 237 g/mol. The van der Waals surface area contributed by atoms with Crippen molar-refractivity contribution < 1.29 is 0 Å². The van der Waals surface area contributed by atoms with E-state index in [1.165, 1.54) is 4.90 Å². The zero-order chi connectivity index (χ0) is 12.0. The van der Waals surface area contributed by atoms with Crippen LogP contribution in [-0.4, -0.2) is 17.3 Å². The van der Waals surface area contributed by atoms with Crippen molar-refractivity contribution in [3.8, 4) is 0 Å². The van der Waals surface area contributed by atoms with E-state index in [1.807, 2.05) is 11.8 Å². The molecule has 0 saturated heterocycles. The topological polar surface area (TPSA) is 12.0 Å². The highest BCUT2D eigenvalue weighted by Crippen LogP contribution is 2.22. The first kappa shape index (κ1) is 13.6. The Kier molecular flexibility index (Phi) is 5.36. The van der Waals surface area contributed by atoms with Gasteiger partial charge in [-0.05, 0) is 32.4 Å². The van der Waals surface area contributed by atoms with Gasteiger partial charge in [-0.1, -0.05) is 32.0 Å². The van der Waals surface area contributed by atoms with Crippen LogP contribution in [0.5, 0.6) is 0 Å². The second-order valence-electron chi connectivity index (χ2n) is 4.86. The van der Waals surface area contributed by atoms with Crippen LogP contribution in [0.2, 0.25) is 0 Å². The molecule has 1 atom stereocenters. The van der Waals surface area contributed by atoms with Gasteiger partial charge in [-0.2, -0.15) is 0 Å². The van der Waals surface area contributed by atoms with Crippen molar-refractivity contribution in [3.63, 3.8) is 0 Å². The van der Waals surface area contributed by atoms with Crippen LogP contribution in [-0.2, 0) is 0 Å². The molecule has 1 N–H and O–H groups in total. The molecule has 1 unspecified atom stereocenters. The smallest absolute Gasteiger partial charge is 0.0191 e. The van der Waals surface area contributed by atoms with E-state index in [9.17, 15) is 0 Å². The Balaban J connectivity index is 2.34. The van der Waals surface area contributed by atoms with Crippen molar-refractivity contribution in [2.75, 3.05) is 6.54 Å². The summed E-state index contributed by atoms with van der Waals surface area (Å²) < 4.78 is 0. The molecule has 16 heavy (non-hydrogen) atoms. The molecule has 0 bridgehead atoms. The summed E-state index contributed by atoms with van der Waals surface area (Å²) in [6.07, 6.45) is 1.16. The lowest BCUT2D eigenvalue weighted by Gasteiger charge is -2.26. The van der Waals surface area contributed by atoms with Crippen LogP contribution in [0.25, 0.3) is 0 Å². The van der Waals surface area contributed by atoms with Crippen molar-refractivity contribution in [1.29, 1.82) is 0 Å². The molecule has 1 aromatic rings. The molecule has 1 aromatic carbocycles. The van der Waals surface area contributed by atoms with E-state index < -0.39 is 0 Å². The van der Waals surface area contributed by atoms with Crippen LogP contribution in [0.1, 0.15) is 34.1 Å². The fourth-order valence-corrected chi connectivity index (χ4v) is 2.26. The summed E-state index contributed by atoms with van der Waals surface area (Å²) in [7, 11) is 0. The third kappa shape index (κ3) is 5.04. The normalized spacial score (nSPS) is 13.8. The first-order valence-electron chi connectivity index (χ1n) is 6.00. The molecule has 0 aromatic heterocycles. The third-order valence-corrected chi connectivity index (χ3v) is 3.95. The van der Waals surface area contributed by atoms with Gasteiger partial charge in [0.25, 0.3) is 0 Å². The second kappa shape index (κ2) is 6.31. The standard InChI is InChI=1S/C14H23NS/c1-5-14(3,4)15-11-12(2)16-13-9-7-6-8-10-13/h6-10,12,15H,5,11H2,1-4H3. The second-order valence-corrected chi connectivity index (χ2v) is 6.37. The maximum Gasteiger partial charge on any atom is 0.0191 e. The molecule has 0 aliphatic heterocycles. The number of rotatable bonds is 6. The summed E-state index contributed by atoms with van der Waals surface area (Å²) in [5.74, 6) is 0. The minimum atomic E-state index is 0.255. The molecule has 0 amide bonds. The number of hydrogen-bond donors (Lipinski definition) is 1. The van der Waals surface area contributed by atoms with Gasteiger partial charge in [0, 0.05) is 22.2 Å². The summed E-state index contributed by atoms with van der Waals surface area (Å²) in [6, 6.07) is 10.6. The van der Waals surface area contributed by atoms with Gasteiger partial charge in [0.05, 0.1) is 0 Å². The average molecular weight is 237 g/mol. The lowest BCUT2D eigenvalue weighted by atomic mass is 10.0. The van der Waals surface area contributed by atoms with Crippen LogP contribution < -0.4 is 5.32 Å².